The fourth-order valence-electron chi connectivity index (χ4n) is 3.10. The number of hydrogen-bond donors (Lipinski definition) is 2. The maximum atomic E-state index is 13.2. The molecule has 0 unspecified atom stereocenters. The fraction of sp³-hybridized carbons (Fsp3) is 0.300. The molecule has 0 aromatic heterocycles. The second kappa shape index (κ2) is 8.73. The number of rotatable bonds is 5. The van der Waals surface area contributed by atoms with Gasteiger partial charge in [-0.15, -0.1) is 0 Å². The number of hydrogen-bond acceptors (Lipinski definition) is 3. The van der Waals surface area contributed by atoms with E-state index in [4.69, 9.17) is 0 Å². The van der Waals surface area contributed by atoms with Gasteiger partial charge in [0.05, 0.1) is 6.54 Å². The summed E-state index contributed by atoms with van der Waals surface area (Å²) in [6.07, 6.45) is 1.26. The smallest absolute Gasteiger partial charge is 0.238 e. The molecule has 0 radical (unpaired) electrons. The monoisotopic (exact) mass is 373 g/mol. The molecule has 2 N–H and O–H groups in total. The summed E-state index contributed by atoms with van der Waals surface area (Å²) in [5.41, 5.74) is 0.992. The summed E-state index contributed by atoms with van der Waals surface area (Å²) in [6.45, 7) is 1.46. The largest absolute Gasteiger partial charge is 0.326 e. The number of carbonyl (C=O) groups is 2. The molecule has 2 aromatic carbocycles. The fourth-order valence-corrected chi connectivity index (χ4v) is 3.10. The lowest BCUT2D eigenvalue weighted by atomic mass is 9.96. The van der Waals surface area contributed by atoms with Crippen LogP contribution in [0.25, 0.3) is 0 Å². The molecule has 7 heteroatoms. The van der Waals surface area contributed by atoms with Crippen LogP contribution in [-0.4, -0.2) is 36.3 Å². The average molecular weight is 373 g/mol. The Morgan fingerprint density at radius 2 is 1.63 bits per heavy atom. The van der Waals surface area contributed by atoms with Gasteiger partial charge in [-0.2, -0.15) is 0 Å². The molecule has 0 aliphatic carbocycles. The number of benzene rings is 2. The molecule has 2 aromatic rings. The van der Waals surface area contributed by atoms with E-state index in [1.807, 2.05) is 4.90 Å². The van der Waals surface area contributed by atoms with Crippen LogP contribution in [0.15, 0.2) is 48.5 Å². The summed E-state index contributed by atoms with van der Waals surface area (Å²) in [5.74, 6) is -1.22. The minimum absolute atomic E-state index is 0.129. The maximum Gasteiger partial charge on any atom is 0.238 e. The third-order valence-corrected chi connectivity index (χ3v) is 4.55. The van der Waals surface area contributed by atoms with Crippen LogP contribution in [0.3, 0.4) is 0 Å². The van der Waals surface area contributed by atoms with Gasteiger partial charge in [0, 0.05) is 17.3 Å². The highest BCUT2D eigenvalue weighted by molar-refractivity contribution is 5.93. The molecule has 1 aliphatic rings. The Bertz CT molecular complexity index is 803. The lowest BCUT2D eigenvalue weighted by molar-refractivity contribution is -0.121. The Morgan fingerprint density at radius 1 is 0.926 bits per heavy atom. The first-order valence-corrected chi connectivity index (χ1v) is 8.84. The minimum atomic E-state index is -0.394. The van der Waals surface area contributed by atoms with Crippen molar-refractivity contribution in [3.8, 4) is 0 Å². The minimum Gasteiger partial charge on any atom is -0.326 e. The zero-order chi connectivity index (χ0) is 19.2. The quantitative estimate of drug-likeness (QED) is 0.846. The van der Waals surface area contributed by atoms with Gasteiger partial charge in [0.2, 0.25) is 11.8 Å². The van der Waals surface area contributed by atoms with Gasteiger partial charge in [0.25, 0.3) is 0 Å². The predicted molar refractivity (Wildman–Crippen MR) is 99.2 cm³/mol. The van der Waals surface area contributed by atoms with Crippen molar-refractivity contribution in [3.63, 3.8) is 0 Å². The first-order chi connectivity index (χ1) is 13.0. The lowest BCUT2D eigenvalue weighted by Crippen LogP contribution is -2.41. The standard InChI is InChI=1S/C20H21F2N3O2/c21-15-4-6-17(7-5-15)23-19(26)13-25-10-8-14(9-11-25)20(27)24-18-3-1-2-16(22)12-18/h1-7,12,14H,8-11,13H2,(H,23,26)(H,24,27). The Balaban J connectivity index is 1.43. The topological polar surface area (TPSA) is 61.4 Å². The second-order valence-corrected chi connectivity index (χ2v) is 6.61. The highest BCUT2D eigenvalue weighted by Crippen LogP contribution is 2.20. The molecule has 0 atom stereocenters. The molecule has 1 aliphatic heterocycles. The molecule has 5 nitrogen and oxygen atoms in total. The number of likely N-dealkylation sites (tertiary alicyclic amines) is 1. The van der Waals surface area contributed by atoms with Crippen LogP contribution in [0, 0.1) is 17.6 Å². The van der Waals surface area contributed by atoms with Gasteiger partial charge in [-0.1, -0.05) is 6.07 Å². The van der Waals surface area contributed by atoms with Gasteiger partial charge in [-0.05, 0) is 68.4 Å². The van der Waals surface area contributed by atoms with Gasteiger partial charge in [-0.3, -0.25) is 14.5 Å². The molecular weight excluding hydrogens is 352 g/mol. The highest BCUT2D eigenvalue weighted by atomic mass is 19.1. The first-order valence-electron chi connectivity index (χ1n) is 8.84. The van der Waals surface area contributed by atoms with Crippen molar-refractivity contribution in [1.29, 1.82) is 0 Å². The Kier molecular flexibility index (Phi) is 6.13. The molecule has 1 saturated heterocycles. The summed E-state index contributed by atoms with van der Waals surface area (Å²) in [6, 6.07) is 11.4. The van der Waals surface area contributed by atoms with E-state index in [0.717, 1.165) is 0 Å². The zero-order valence-electron chi connectivity index (χ0n) is 14.8. The highest BCUT2D eigenvalue weighted by Gasteiger charge is 2.26. The van der Waals surface area contributed by atoms with E-state index in [9.17, 15) is 18.4 Å². The van der Waals surface area contributed by atoms with Crippen molar-refractivity contribution in [1.82, 2.24) is 4.90 Å². The van der Waals surface area contributed by atoms with Crippen molar-refractivity contribution in [2.45, 2.75) is 12.8 Å². The molecule has 2 amide bonds. The van der Waals surface area contributed by atoms with E-state index in [1.165, 1.54) is 36.4 Å². The number of carbonyl (C=O) groups excluding carboxylic acids is 2. The molecule has 1 fully saturated rings. The number of nitrogens with one attached hydrogen (secondary N) is 2. The van der Waals surface area contributed by atoms with Crippen LogP contribution in [-0.2, 0) is 9.59 Å². The Labute approximate surface area is 156 Å². The average Bonchev–Trinajstić information content (AvgIpc) is 2.64. The maximum absolute atomic E-state index is 13.2. The van der Waals surface area contributed by atoms with Gasteiger partial charge in [0.15, 0.2) is 0 Å². The molecule has 0 spiro atoms. The van der Waals surface area contributed by atoms with Crippen molar-refractivity contribution in [3.05, 3.63) is 60.2 Å². The number of halogens is 2. The van der Waals surface area contributed by atoms with Crippen molar-refractivity contribution < 1.29 is 18.4 Å². The normalized spacial score (nSPS) is 15.3. The van der Waals surface area contributed by atoms with Crippen LogP contribution in [0.4, 0.5) is 20.2 Å². The predicted octanol–water partition coefficient (Wildman–Crippen LogP) is 3.25. The van der Waals surface area contributed by atoms with E-state index in [2.05, 4.69) is 10.6 Å². The molecule has 3 rings (SSSR count). The third kappa shape index (κ3) is 5.59. The molecule has 0 saturated carbocycles. The van der Waals surface area contributed by atoms with E-state index < -0.39 is 5.82 Å². The van der Waals surface area contributed by atoms with E-state index >= 15 is 0 Å². The van der Waals surface area contributed by atoms with Crippen LogP contribution in [0.2, 0.25) is 0 Å². The molecule has 142 valence electrons. The van der Waals surface area contributed by atoms with Crippen molar-refractivity contribution in [2.24, 2.45) is 5.92 Å². The SMILES string of the molecule is O=C(CN1CCC(C(=O)Nc2cccc(F)c2)CC1)Nc1ccc(F)cc1. The van der Waals surface area contributed by atoms with Crippen LogP contribution in [0.1, 0.15) is 12.8 Å². The first kappa shape index (κ1) is 19.0. The summed E-state index contributed by atoms with van der Waals surface area (Å²) >= 11 is 0. The zero-order valence-corrected chi connectivity index (χ0v) is 14.8. The number of anilines is 2. The van der Waals surface area contributed by atoms with Gasteiger partial charge in [-0.25, -0.2) is 8.78 Å². The molecular formula is C20H21F2N3O2. The van der Waals surface area contributed by atoms with Crippen molar-refractivity contribution >= 4 is 23.2 Å². The van der Waals surface area contributed by atoms with Crippen molar-refractivity contribution in [2.75, 3.05) is 30.3 Å². The summed E-state index contributed by atoms with van der Waals surface area (Å²) in [4.78, 5) is 26.4. The summed E-state index contributed by atoms with van der Waals surface area (Å²) in [7, 11) is 0. The van der Waals surface area contributed by atoms with Crippen LogP contribution in [0.5, 0.6) is 0 Å². The van der Waals surface area contributed by atoms with Gasteiger partial charge < -0.3 is 10.6 Å². The number of amides is 2. The van der Waals surface area contributed by atoms with Gasteiger partial charge in [0.1, 0.15) is 11.6 Å². The van der Waals surface area contributed by atoms with E-state index in [1.54, 1.807) is 12.1 Å². The second-order valence-electron chi connectivity index (χ2n) is 6.61. The van der Waals surface area contributed by atoms with Crippen LogP contribution < -0.4 is 10.6 Å². The molecule has 1 heterocycles. The number of nitrogens with zero attached hydrogens (tertiary/aromatic N) is 1. The Morgan fingerprint density at radius 3 is 2.30 bits per heavy atom. The van der Waals surface area contributed by atoms with E-state index in [0.29, 0.717) is 37.3 Å². The van der Waals surface area contributed by atoms with Crippen LogP contribution >= 0.6 is 0 Å². The molecule has 27 heavy (non-hydrogen) atoms. The molecule has 0 bridgehead atoms. The Hall–Kier alpha value is -2.80. The van der Waals surface area contributed by atoms with E-state index in [-0.39, 0.29) is 30.1 Å². The lowest BCUT2D eigenvalue weighted by Gasteiger charge is -2.30. The number of piperidine rings is 1. The summed E-state index contributed by atoms with van der Waals surface area (Å²) < 4.78 is 26.1. The summed E-state index contributed by atoms with van der Waals surface area (Å²) in [5, 5.41) is 5.46. The van der Waals surface area contributed by atoms with Gasteiger partial charge >= 0.3 is 0 Å². The third-order valence-electron chi connectivity index (χ3n) is 4.55.